The summed E-state index contributed by atoms with van der Waals surface area (Å²) in [4.78, 5) is 43.6. The van der Waals surface area contributed by atoms with Crippen molar-refractivity contribution in [3.8, 4) is 0 Å². The number of carbonyl (C=O) groups is 2. The molecule has 0 saturated carbocycles. The van der Waals surface area contributed by atoms with Gasteiger partial charge in [0.15, 0.2) is 0 Å². The van der Waals surface area contributed by atoms with E-state index in [9.17, 15) is 14.4 Å². The van der Waals surface area contributed by atoms with Crippen LogP contribution < -0.4 is 5.56 Å². The van der Waals surface area contributed by atoms with Crippen LogP contribution in [0.5, 0.6) is 0 Å². The van der Waals surface area contributed by atoms with Crippen LogP contribution in [0.2, 0.25) is 0 Å². The molecule has 4 rings (SSSR count). The van der Waals surface area contributed by atoms with Crippen LogP contribution in [0, 0.1) is 0 Å². The van der Waals surface area contributed by atoms with Crippen LogP contribution in [0.1, 0.15) is 33.0 Å². The summed E-state index contributed by atoms with van der Waals surface area (Å²) in [6.45, 7) is 1.27. The largest absolute Gasteiger partial charge is 0.341 e. The number of hydrogen-bond acceptors (Lipinski definition) is 3. The van der Waals surface area contributed by atoms with Gasteiger partial charge in [0.2, 0.25) is 5.91 Å². The molecule has 0 bridgehead atoms. The lowest BCUT2D eigenvalue weighted by Gasteiger charge is -2.36. The van der Waals surface area contributed by atoms with Gasteiger partial charge < -0.3 is 14.8 Å². The standard InChI is InChI=1S/C19H19N3O3/c1-21-10-16(13-4-2-3-5-14(13)18(21)24)19(25)22-9-7-12-6-8-20-17(23)15(12)11-22/h2-6,8,16H,7,9-11H2,1H3,(H,20,23). The molecule has 1 N–H and O–H groups in total. The van der Waals surface area contributed by atoms with Gasteiger partial charge in [-0.05, 0) is 29.7 Å². The Labute approximate surface area is 145 Å². The highest BCUT2D eigenvalue weighted by Gasteiger charge is 2.36. The Morgan fingerprint density at radius 2 is 2.00 bits per heavy atom. The fraction of sp³-hybridized carbons (Fsp3) is 0.316. The van der Waals surface area contributed by atoms with Crippen molar-refractivity contribution < 1.29 is 9.59 Å². The first-order valence-electron chi connectivity index (χ1n) is 8.39. The van der Waals surface area contributed by atoms with Crippen molar-refractivity contribution in [1.29, 1.82) is 0 Å². The van der Waals surface area contributed by atoms with Gasteiger partial charge in [0.25, 0.3) is 11.5 Å². The van der Waals surface area contributed by atoms with E-state index in [4.69, 9.17) is 0 Å². The van der Waals surface area contributed by atoms with E-state index in [0.29, 0.717) is 37.2 Å². The molecule has 3 heterocycles. The van der Waals surface area contributed by atoms with Gasteiger partial charge in [0, 0.05) is 37.5 Å². The molecule has 1 unspecified atom stereocenters. The van der Waals surface area contributed by atoms with Gasteiger partial charge in [-0.3, -0.25) is 14.4 Å². The third-order valence-corrected chi connectivity index (χ3v) is 5.14. The zero-order valence-corrected chi connectivity index (χ0v) is 14.0. The first-order chi connectivity index (χ1) is 12.1. The Hall–Kier alpha value is -2.89. The van der Waals surface area contributed by atoms with E-state index in [1.807, 2.05) is 24.3 Å². The number of carbonyl (C=O) groups excluding carboxylic acids is 2. The van der Waals surface area contributed by atoms with Crippen molar-refractivity contribution in [3.05, 3.63) is 69.1 Å². The number of nitrogens with one attached hydrogen (secondary N) is 1. The van der Waals surface area contributed by atoms with E-state index in [-0.39, 0.29) is 23.3 Å². The number of hydrogen-bond donors (Lipinski definition) is 1. The van der Waals surface area contributed by atoms with E-state index >= 15 is 0 Å². The summed E-state index contributed by atoms with van der Waals surface area (Å²) in [7, 11) is 1.72. The molecule has 0 aliphatic carbocycles. The van der Waals surface area contributed by atoms with E-state index in [0.717, 1.165) is 11.1 Å². The lowest BCUT2D eigenvalue weighted by Crippen LogP contribution is -2.46. The molecule has 128 valence electrons. The van der Waals surface area contributed by atoms with Gasteiger partial charge in [0.05, 0.1) is 12.5 Å². The van der Waals surface area contributed by atoms with Crippen molar-refractivity contribution >= 4 is 11.8 Å². The lowest BCUT2D eigenvalue weighted by molar-refractivity contribution is -0.134. The number of nitrogens with zero attached hydrogens (tertiary/aromatic N) is 2. The van der Waals surface area contributed by atoms with Crippen LogP contribution in [0.25, 0.3) is 0 Å². The molecule has 6 heteroatoms. The van der Waals surface area contributed by atoms with Gasteiger partial charge >= 0.3 is 0 Å². The van der Waals surface area contributed by atoms with Crippen LogP contribution in [-0.2, 0) is 17.8 Å². The van der Waals surface area contributed by atoms with Crippen LogP contribution in [-0.4, -0.2) is 46.7 Å². The molecule has 2 amide bonds. The summed E-state index contributed by atoms with van der Waals surface area (Å²) in [6.07, 6.45) is 2.32. The Morgan fingerprint density at radius 3 is 2.84 bits per heavy atom. The Morgan fingerprint density at radius 1 is 1.20 bits per heavy atom. The molecule has 1 atom stereocenters. The number of amides is 2. The van der Waals surface area contributed by atoms with Crippen LogP contribution in [0.4, 0.5) is 0 Å². The second-order valence-corrected chi connectivity index (χ2v) is 6.65. The average Bonchev–Trinajstić information content (AvgIpc) is 2.64. The highest BCUT2D eigenvalue weighted by molar-refractivity contribution is 6.00. The number of pyridine rings is 1. The molecular formula is C19H19N3O3. The van der Waals surface area contributed by atoms with Crippen molar-refractivity contribution in [2.45, 2.75) is 18.9 Å². The topological polar surface area (TPSA) is 73.5 Å². The Kier molecular flexibility index (Phi) is 3.67. The third-order valence-electron chi connectivity index (χ3n) is 5.14. The predicted molar refractivity (Wildman–Crippen MR) is 92.3 cm³/mol. The monoisotopic (exact) mass is 337 g/mol. The second kappa shape index (κ2) is 5.88. The highest BCUT2D eigenvalue weighted by Crippen LogP contribution is 2.30. The van der Waals surface area contributed by atoms with Gasteiger partial charge in [-0.15, -0.1) is 0 Å². The van der Waals surface area contributed by atoms with Gasteiger partial charge in [0.1, 0.15) is 0 Å². The molecule has 2 aliphatic heterocycles. The first-order valence-corrected chi connectivity index (χ1v) is 8.39. The zero-order valence-electron chi connectivity index (χ0n) is 14.0. The molecule has 25 heavy (non-hydrogen) atoms. The number of fused-ring (bicyclic) bond motifs is 2. The summed E-state index contributed by atoms with van der Waals surface area (Å²) in [5.41, 5.74) is 2.90. The van der Waals surface area contributed by atoms with E-state index in [1.54, 1.807) is 29.1 Å². The number of benzene rings is 1. The van der Waals surface area contributed by atoms with Crippen molar-refractivity contribution in [2.75, 3.05) is 20.1 Å². The molecule has 1 aromatic carbocycles. The van der Waals surface area contributed by atoms with E-state index < -0.39 is 0 Å². The second-order valence-electron chi connectivity index (χ2n) is 6.65. The molecule has 0 spiro atoms. The quantitative estimate of drug-likeness (QED) is 0.848. The number of aromatic amines is 1. The maximum atomic E-state index is 13.2. The number of aromatic nitrogens is 1. The van der Waals surface area contributed by atoms with Crippen molar-refractivity contribution in [1.82, 2.24) is 14.8 Å². The number of H-pyrrole nitrogens is 1. The minimum Gasteiger partial charge on any atom is -0.341 e. The Bertz CT molecular complexity index is 918. The smallest absolute Gasteiger partial charge is 0.253 e. The summed E-state index contributed by atoms with van der Waals surface area (Å²) >= 11 is 0. The fourth-order valence-electron chi connectivity index (χ4n) is 3.76. The van der Waals surface area contributed by atoms with Crippen molar-refractivity contribution in [2.24, 2.45) is 0 Å². The summed E-state index contributed by atoms with van der Waals surface area (Å²) in [6, 6.07) is 9.19. The van der Waals surface area contributed by atoms with Crippen LogP contribution >= 0.6 is 0 Å². The van der Waals surface area contributed by atoms with Crippen LogP contribution in [0.3, 0.4) is 0 Å². The highest BCUT2D eigenvalue weighted by atomic mass is 16.2. The molecule has 0 radical (unpaired) electrons. The third kappa shape index (κ3) is 2.54. The maximum Gasteiger partial charge on any atom is 0.253 e. The zero-order chi connectivity index (χ0) is 17.6. The minimum atomic E-state index is -0.386. The first kappa shape index (κ1) is 15.6. The summed E-state index contributed by atoms with van der Waals surface area (Å²) in [5.74, 6) is -0.468. The molecule has 0 fully saturated rings. The average molecular weight is 337 g/mol. The van der Waals surface area contributed by atoms with Gasteiger partial charge in [-0.25, -0.2) is 0 Å². The van der Waals surface area contributed by atoms with E-state index in [1.165, 1.54) is 0 Å². The molecule has 2 aromatic rings. The maximum absolute atomic E-state index is 13.2. The summed E-state index contributed by atoms with van der Waals surface area (Å²) in [5, 5.41) is 0. The lowest BCUT2D eigenvalue weighted by atomic mass is 9.87. The molecule has 1 aromatic heterocycles. The number of likely N-dealkylation sites (N-methyl/N-ethyl adjacent to an activating group) is 1. The van der Waals surface area contributed by atoms with Gasteiger partial charge in [-0.1, -0.05) is 18.2 Å². The van der Waals surface area contributed by atoms with Gasteiger partial charge in [-0.2, -0.15) is 0 Å². The molecule has 0 saturated heterocycles. The number of rotatable bonds is 1. The predicted octanol–water partition coefficient (Wildman–Crippen LogP) is 1.13. The van der Waals surface area contributed by atoms with E-state index in [2.05, 4.69) is 4.98 Å². The molecule has 6 nitrogen and oxygen atoms in total. The Balaban J connectivity index is 1.66. The summed E-state index contributed by atoms with van der Waals surface area (Å²) < 4.78 is 0. The minimum absolute atomic E-state index is 0.0271. The molecule has 2 aliphatic rings. The fourth-order valence-corrected chi connectivity index (χ4v) is 3.76. The molecular weight excluding hydrogens is 318 g/mol. The normalized spacial score (nSPS) is 19.4. The van der Waals surface area contributed by atoms with Crippen LogP contribution in [0.15, 0.2) is 41.3 Å². The SMILES string of the molecule is CN1CC(C(=O)N2CCc3cc[nH]c(=O)c3C2)c2ccccc2C1=O. The van der Waals surface area contributed by atoms with Crippen molar-refractivity contribution in [3.63, 3.8) is 0 Å².